The zero-order chi connectivity index (χ0) is 21.3. The van der Waals surface area contributed by atoms with Crippen LogP contribution in [0.4, 0.5) is 10.1 Å². The van der Waals surface area contributed by atoms with E-state index >= 15 is 0 Å². The predicted molar refractivity (Wildman–Crippen MR) is 125 cm³/mol. The summed E-state index contributed by atoms with van der Waals surface area (Å²) >= 11 is 12.2. The van der Waals surface area contributed by atoms with Crippen molar-refractivity contribution in [1.82, 2.24) is 15.1 Å². The fraction of sp³-hybridized carbons (Fsp3) is 0.273. The van der Waals surface area contributed by atoms with Gasteiger partial charge in [0.1, 0.15) is 5.82 Å². The Kier molecular flexibility index (Phi) is 7.59. The lowest BCUT2D eigenvalue weighted by molar-refractivity contribution is 0.102. The largest absolute Gasteiger partial charge is 0.322 e. The van der Waals surface area contributed by atoms with Crippen molar-refractivity contribution in [2.24, 2.45) is 0 Å². The predicted octanol–water partition coefficient (Wildman–Crippen LogP) is 5.77. The van der Waals surface area contributed by atoms with Gasteiger partial charge in [0.15, 0.2) is 0 Å². The van der Waals surface area contributed by atoms with E-state index in [1.165, 1.54) is 18.2 Å². The van der Waals surface area contributed by atoms with E-state index in [1.807, 2.05) is 25.1 Å². The first kappa shape index (κ1) is 23.5. The molecule has 0 atom stereocenters. The molecule has 0 radical (unpaired) electrons. The third-order valence-corrected chi connectivity index (χ3v) is 6.05. The molecule has 0 spiro atoms. The summed E-state index contributed by atoms with van der Waals surface area (Å²) in [4.78, 5) is 13.1. The molecule has 3 aromatic rings. The molecule has 0 saturated carbocycles. The van der Waals surface area contributed by atoms with Crippen LogP contribution in [-0.2, 0) is 0 Å². The molecule has 164 valence electrons. The molecule has 1 aromatic heterocycles. The van der Waals surface area contributed by atoms with Crippen molar-refractivity contribution in [2.45, 2.75) is 25.7 Å². The molecule has 1 aliphatic heterocycles. The van der Waals surface area contributed by atoms with Gasteiger partial charge in [-0.3, -0.25) is 4.79 Å². The Labute approximate surface area is 196 Å². The van der Waals surface area contributed by atoms with Gasteiger partial charge in [-0.05, 0) is 68.8 Å². The molecule has 0 aliphatic carbocycles. The monoisotopic (exact) mass is 482 g/mol. The SMILES string of the molecule is Cc1ccc(-n2ncc(C(=O)Nc3ccc(F)c(Cl)c3)c2C2CCNCC2)cc1Cl.Cl. The number of nitrogens with one attached hydrogen (secondary N) is 2. The van der Waals surface area contributed by atoms with E-state index in [0.717, 1.165) is 42.9 Å². The number of halogens is 4. The number of carbonyl (C=O) groups is 1. The Hall–Kier alpha value is -2.12. The molecule has 0 unspecified atom stereocenters. The van der Waals surface area contributed by atoms with Gasteiger partial charge in [0.05, 0.1) is 28.2 Å². The van der Waals surface area contributed by atoms with E-state index < -0.39 is 5.82 Å². The number of piperidine rings is 1. The van der Waals surface area contributed by atoms with Crippen LogP contribution < -0.4 is 10.6 Å². The van der Waals surface area contributed by atoms with E-state index in [-0.39, 0.29) is 29.3 Å². The summed E-state index contributed by atoms with van der Waals surface area (Å²) in [7, 11) is 0. The van der Waals surface area contributed by atoms with Crippen LogP contribution in [-0.4, -0.2) is 28.8 Å². The van der Waals surface area contributed by atoms with Crippen LogP contribution in [0.2, 0.25) is 10.0 Å². The molecule has 1 fully saturated rings. The van der Waals surface area contributed by atoms with Gasteiger partial charge in [0, 0.05) is 16.6 Å². The number of amides is 1. The minimum atomic E-state index is -0.533. The maximum Gasteiger partial charge on any atom is 0.259 e. The Morgan fingerprint density at radius 2 is 1.90 bits per heavy atom. The van der Waals surface area contributed by atoms with Crippen LogP contribution in [0.5, 0.6) is 0 Å². The molecular formula is C22H22Cl3FN4O. The van der Waals surface area contributed by atoms with Crippen molar-refractivity contribution in [2.75, 3.05) is 18.4 Å². The molecule has 9 heteroatoms. The van der Waals surface area contributed by atoms with Crippen LogP contribution in [0.15, 0.2) is 42.6 Å². The van der Waals surface area contributed by atoms with Crippen molar-refractivity contribution >= 4 is 47.2 Å². The van der Waals surface area contributed by atoms with Gasteiger partial charge in [-0.25, -0.2) is 9.07 Å². The molecular weight excluding hydrogens is 462 g/mol. The van der Waals surface area contributed by atoms with Crippen LogP contribution in [0, 0.1) is 12.7 Å². The highest BCUT2D eigenvalue weighted by atomic mass is 35.5. The lowest BCUT2D eigenvalue weighted by atomic mass is 9.91. The topological polar surface area (TPSA) is 59.0 Å². The highest BCUT2D eigenvalue weighted by Gasteiger charge is 2.27. The van der Waals surface area contributed by atoms with Gasteiger partial charge in [0.2, 0.25) is 0 Å². The molecule has 2 aromatic carbocycles. The van der Waals surface area contributed by atoms with Crippen LogP contribution in [0.1, 0.15) is 40.4 Å². The average Bonchev–Trinajstić information content (AvgIpc) is 3.19. The van der Waals surface area contributed by atoms with E-state index in [9.17, 15) is 9.18 Å². The van der Waals surface area contributed by atoms with Crippen LogP contribution in [0.25, 0.3) is 5.69 Å². The molecule has 2 N–H and O–H groups in total. The zero-order valence-corrected chi connectivity index (χ0v) is 19.1. The number of rotatable bonds is 4. The number of aryl methyl sites for hydroxylation is 1. The van der Waals surface area contributed by atoms with E-state index in [1.54, 1.807) is 10.9 Å². The first-order chi connectivity index (χ1) is 14.4. The second-order valence-corrected chi connectivity index (χ2v) is 8.21. The summed E-state index contributed by atoms with van der Waals surface area (Å²) in [5.74, 6) is -0.670. The highest BCUT2D eigenvalue weighted by molar-refractivity contribution is 6.31. The first-order valence-corrected chi connectivity index (χ1v) is 10.5. The third-order valence-electron chi connectivity index (χ3n) is 5.35. The fourth-order valence-corrected chi connectivity index (χ4v) is 4.07. The molecule has 2 heterocycles. The second kappa shape index (κ2) is 10.0. The Balaban J connectivity index is 0.00000272. The van der Waals surface area contributed by atoms with E-state index in [0.29, 0.717) is 16.3 Å². The molecule has 31 heavy (non-hydrogen) atoms. The second-order valence-electron chi connectivity index (χ2n) is 7.40. The summed E-state index contributed by atoms with van der Waals surface area (Å²) in [6.07, 6.45) is 3.37. The van der Waals surface area contributed by atoms with Crippen molar-refractivity contribution in [3.8, 4) is 5.69 Å². The standard InChI is InChI=1S/C22H21Cl2FN4O.ClH/c1-13-2-4-16(11-18(13)23)29-21(14-6-8-26-9-7-14)17(12-27-29)22(30)28-15-3-5-20(25)19(24)10-15;/h2-5,10-12,14,26H,6-9H2,1H3,(H,28,30);1H. The van der Waals surface area contributed by atoms with E-state index in [4.69, 9.17) is 23.2 Å². The Morgan fingerprint density at radius 1 is 1.16 bits per heavy atom. The maximum absolute atomic E-state index is 13.4. The number of aromatic nitrogens is 2. The fourth-order valence-electron chi connectivity index (χ4n) is 3.71. The van der Waals surface area contributed by atoms with Gasteiger partial charge < -0.3 is 10.6 Å². The lowest BCUT2D eigenvalue weighted by Gasteiger charge is -2.25. The molecule has 0 bridgehead atoms. The van der Waals surface area contributed by atoms with Crippen LogP contribution in [0.3, 0.4) is 0 Å². The van der Waals surface area contributed by atoms with Gasteiger partial charge in [-0.1, -0.05) is 29.3 Å². The normalized spacial score (nSPS) is 14.2. The maximum atomic E-state index is 13.4. The van der Waals surface area contributed by atoms with Crippen molar-refractivity contribution in [3.63, 3.8) is 0 Å². The first-order valence-electron chi connectivity index (χ1n) is 9.75. The molecule has 1 saturated heterocycles. The molecule has 1 aliphatic rings. The number of nitrogens with zero attached hydrogens (tertiary/aromatic N) is 2. The van der Waals surface area contributed by atoms with Gasteiger partial charge in [0.25, 0.3) is 5.91 Å². The minimum Gasteiger partial charge on any atom is -0.322 e. The third kappa shape index (κ3) is 5.04. The average molecular weight is 484 g/mol. The minimum absolute atomic E-state index is 0. The quantitative estimate of drug-likeness (QED) is 0.495. The van der Waals surface area contributed by atoms with Crippen molar-refractivity contribution in [3.05, 3.63) is 75.3 Å². The van der Waals surface area contributed by atoms with Crippen molar-refractivity contribution in [1.29, 1.82) is 0 Å². The number of anilines is 1. The lowest BCUT2D eigenvalue weighted by Crippen LogP contribution is -2.29. The van der Waals surface area contributed by atoms with E-state index in [2.05, 4.69) is 15.7 Å². The Morgan fingerprint density at radius 3 is 2.58 bits per heavy atom. The van der Waals surface area contributed by atoms with Gasteiger partial charge in [-0.2, -0.15) is 5.10 Å². The molecule has 1 amide bonds. The summed E-state index contributed by atoms with van der Waals surface area (Å²) in [6.45, 7) is 3.69. The van der Waals surface area contributed by atoms with Gasteiger partial charge >= 0.3 is 0 Å². The summed E-state index contributed by atoms with van der Waals surface area (Å²) in [5, 5.41) is 11.3. The summed E-state index contributed by atoms with van der Waals surface area (Å²) in [5.41, 5.74) is 3.54. The zero-order valence-electron chi connectivity index (χ0n) is 16.8. The number of hydrogen-bond donors (Lipinski definition) is 2. The smallest absolute Gasteiger partial charge is 0.259 e. The molecule has 4 rings (SSSR count). The van der Waals surface area contributed by atoms with Crippen LogP contribution >= 0.6 is 35.6 Å². The number of carbonyl (C=O) groups excluding carboxylic acids is 1. The van der Waals surface area contributed by atoms with Crippen molar-refractivity contribution < 1.29 is 9.18 Å². The number of hydrogen-bond acceptors (Lipinski definition) is 3. The summed E-state index contributed by atoms with van der Waals surface area (Å²) in [6, 6.07) is 9.84. The molecule has 5 nitrogen and oxygen atoms in total. The van der Waals surface area contributed by atoms with Gasteiger partial charge in [-0.15, -0.1) is 12.4 Å². The summed E-state index contributed by atoms with van der Waals surface area (Å²) < 4.78 is 15.2. The Bertz CT molecular complexity index is 1100. The number of benzene rings is 2. The highest BCUT2D eigenvalue weighted by Crippen LogP contribution is 2.32.